The Balaban J connectivity index is 2.08. The van der Waals surface area contributed by atoms with Crippen LogP contribution in [-0.2, 0) is 9.59 Å². The van der Waals surface area contributed by atoms with Gasteiger partial charge >= 0.3 is 0 Å². The second kappa shape index (κ2) is 5.23. The normalized spacial score (nSPS) is 30.7. The second-order valence-electron chi connectivity index (χ2n) is 6.85. The maximum Gasteiger partial charge on any atom is 0.233 e. The number of likely N-dealkylation sites (tertiary alicyclic amines) is 1. The summed E-state index contributed by atoms with van der Waals surface area (Å²) < 4.78 is 0. The number of imide groups is 1. The van der Waals surface area contributed by atoms with Gasteiger partial charge in [-0.05, 0) is 32.1 Å². The molecule has 2 fully saturated rings. The van der Waals surface area contributed by atoms with E-state index in [1.165, 1.54) is 4.90 Å². The number of nitrogens with zero attached hydrogens (tertiary/aromatic N) is 1. The van der Waals surface area contributed by atoms with Gasteiger partial charge in [-0.15, -0.1) is 0 Å². The molecule has 1 aliphatic heterocycles. The molecule has 0 radical (unpaired) electrons. The lowest BCUT2D eigenvalue weighted by Gasteiger charge is -2.29. The SMILES string of the molecule is CC(C)CC(C)(O)CN1C(=O)C2CCCCC2C1=O. The van der Waals surface area contributed by atoms with Gasteiger partial charge in [0.05, 0.1) is 24.0 Å². The summed E-state index contributed by atoms with van der Waals surface area (Å²) in [5.74, 6) is -0.00486. The van der Waals surface area contributed by atoms with Gasteiger partial charge in [-0.3, -0.25) is 14.5 Å². The summed E-state index contributed by atoms with van der Waals surface area (Å²) in [7, 11) is 0. The summed E-state index contributed by atoms with van der Waals surface area (Å²) >= 11 is 0. The zero-order valence-electron chi connectivity index (χ0n) is 12.2. The van der Waals surface area contributed by atoms with E-state index in [0.717, 1.165) is 25.7 Å². The maximum atomic E-state index is 12.3. The van der Waals surface area contributed by atoms with Gasteiger partial charge in [0.25, 0.3) is 0 Å². The summed E-state index contributed by atoms with van der Waals surface area (Å²) in [6.45, 7) is 5.93. The average molecular weight is 267 g/mol. The molecule has 0 aromatic heterocycles. The van der Waals surface area contributed by atoms with Gasteiger partial charge in [0.2, 0.25) is 11.8 Å². The molecule has 4 heteroatoms. The zero-order chi connectivity index (χ0) is 14.2. The van der Waals surface area contributed by atoms with Gasteiger partial charge in [-0.1, -0.05) is 26.7 Å². The van der Waals surface area contributed by atoms with Crippen molar-refractivity contribution in [3.63, 3.8) is 0 Å². The van der Waals surface area contributed by atoms with E-state index >= 15 is 0 Å². The molecule has 3 unspecified atom stereocenters. The monoisotopic (exact) mass is 267 g/mol. The highest BCUT2D eigenvalue weighted by atomic mass is 16.3. The van der Waals surface area contributed by atoms with Gasteiger partial charge in [0, 0.05) is 0 Å². The minimum Gasteiger partial charge on any atom is -0.388 e. The van der Waals surface area contributed by atoms with E-state index in [9.17, 15) is 14.7 Å². The third-order valence-electron chi connectivity index (χ3n) is 4.28. The summed E-state index contributed by atoms with van der Waals surface area (Å²) in [6, 6.07) is 0. The van der Waals surface area contributed by atoms with E-state index < -0.39 is 5.60 Å². The van der Waals surface area contributed by atoms with Gasteiger partial charge in [-0.25, -0.2) is 0 Å². The number of amides is 2. The largest absolute Gasteiger partial charge is 0.388 e. The second-order valence-corrected chi connectivity index (χ2v) is 6.85. The lowest BCUT2D eigenvalue weighted by Crippen LogP contribution is -2.45. The first-order chi connectivity index (χ1) is 8.82. The molecule has 2 aliphatic rings. The summed E-state index contributed by atoms with van der Waals surface area (Å²) in [4.78, 5) is 25.9. The Kier molecular flexibility index (Phi) is 4.00. The third-order valence-corrected chi connectivity index (χ3v) is 4.28. The molecule has 0 aromatic carbocycles. The fourth-order valence-electron chi connectivity index (χ4n) is 3.67. The van der Waals surface area contributed by atoms with Crippen LogP contribution in [-0.4, -0.2) is 34.0 Å². The molecule has 1 saturated carbocycles. The number of hydrogen-bond acceptors (Lipinski definition) is 3. The first-order valence-corrected chi connectivity index (χ1v) is 7.39. The lowest BCUT2D eigenvalue weighted by molar-refractivity contribution is -0.144. The van der Waals surface area contributed by atoms with Crippen molar-refractivity contribution in [2.24, 2.45) is 17.8 Å². The van der Waals surface area contributed by atoms with Gasteiger partial charge in [0.15, 0.2) is 0 Å². The summed E-state index contributed by atoms with van der Waals surface area (Å²) in [5.41, 5.74) is -0.979. The Bertz CT molecular complexity index is 352. The van der Waals surface area contributed by atoms with Crippen molar-refractivity contribution in [2.75, 3.05) is 6.54 Å². The Morgan fingerprint density at radius 3 is 2.11 bits per heavy atom. The first-order valence-electron chi connectivity index (χ1n) is 7.39. The highest BCUT2D eigenvalue weighted by molar-refractivity contribution is 6.05. The molecule has 1 heterocycles. The van der Waals surface area contributed by atoms with Gasteiger partial charge in [0.1, 0.15) is 0 Å². The lowest BCUT2D eigenvalue weighted by atomic mass is 9.81. The highest BCUT2D eigenvalue weighted by Crippen LogP contribution is 2.38. The number of hydrogen-bond donors (Lipinski definition) is 1. The molecule has 0 spiro atoms. The predicted octanol–water partition coefficient (Wildman–Crippen LogP) is 1.96. The van der Waals surface area contributed by atoms with Crippen molar-refractivity contribution in [1.82, 2.24) is 4.90 Å². The smallest absolute Gasteiger partial charge is 0.233 e. The quantitative estimate of drug-likeness (QED) is 0.792. The molecule has 4 nitrogen and oxygen atoms in total. The van der Waals surface area contributed by atoms with Crippen LogP contribution < -0.4 is 0 Å². The Hall–Kier alpha value is -0.900. The summed E-state index contributed by atoms with van der Waals surface area (Å²) in [5, 5.41) is 10.4. The number of carbonyl (C=O) groups is 2. The van der Waals surface area contributed by atoms with Crippen LogP contribution in [0.25, 0.3) is 0 Å². The minimum atomic E-state index is -0.979. The van der Waals surface area contributed by atoms with Crippen molar-refractivity contribution in [3.05, 3.63) is 0 Å². The van der Waals surface area contributed by atoms with Crippen LogP contribution in [0.2, 0.25) is 0 Å². The molecule has 3 atom stereocenters. The van der Waals surface area contributed by atoms with Crippen molar-refractivity contribution >= 4 is 11.8 Å². The molecule has 108 valence electrons. The predicted molar refractivity (Wildman–Crippen MR) is 72.2 cm³/mol. The van der Waals surface area contributed by atoms with E-state index in [4.69, 9.17) is 0 Å². The van der Waals surface area contributed by atoms with Crippen molar-refractivity contribution in [3.8, 4) is 0 Å². The fourth-order valence-corrected chi connectivity index (χ4v) is 3.67. The van der Waals surface area contributed by atoms with Crippen molar-refractivity contribution < 1.29 is 14.7 Å². The standard InChI is InChI=1S/C15H25NO3/c1-10(2)8-15(3,19)9-16-13(17)11-6-4-5-7-12(11)14(16)18/h10-12,19H,4-9H2,1-3H3. The number of aliphatic hydroxyl groups is 1. The molecule has 0 bridgehead atoms. The molecule has 1 saturated heterocycles. The van der Waals surface area contributed by atoms with Gasteiger partial charge in [-0.2, -0.15) is 0 Å². The van der Waals surface area contributed by atoms with E-state index in [0.29, 0.717) is 12.3 Å². The van der Waals surface area contributed by atoms with Crippen LogP contribution in [0.5, 0.6) is 0 Å². The van der Waals surface area contributed by atoms with Crippen molar-refractivity contribution in [1.29, 1.82) is 0 Å². The Labute approximate surface area is 115 Å². The number of carbonyl (C=O) groups excluding carboxylic acids is 2. The summed E-state index contributed by atoms with van der Waals surface area (Å²) in [6.07, 6.45) is 4.34. The molecular weight excluding hydrogens is 242 g/mol. The van der Waals surface area contributed by atoms with Crippen LogP contribution in [0.1, 0.15) is 52.9 Å². The molecular formula is C15H25NO3. The minimum absolute atomic E-state index is 0.0567. The number of rotatable bonds is 4. The first kappa shape index (κ1) is 14.5. The number of fused-ring (bicyclic) bond motifs is 1. The molecule has 2 rings (SSSR count). The third kappa shape index (κ3) is 2.99. The van der Waals surface area contributed by atoms with Crippen LogP contribution in [0.15, 0.2) is 0 Å². The van der Waals surface area contributed by atoms with Crippen LogP contribution in [0.3, 0.4) is 0 Å². The van der Waals surface area contributed by atoms with Crippen LogP contribution >= 0.6 is 0 Å². The molecule has 0 aromatic rings. The fraction of sp³-hybridized carbons (Fsp3) is 0.867. The molecule has 1 N–H and O–H groups in total. The zero-order valence-corrected chi connectivity index (χ0v) is 12.2. The maximum absolute atomic E-state index is 12.3. The van der Waals surface area contributed by atoms with Crippen LogP contribution in [0, 0.1) is 17.8 Å². The van der Waals surface area contributed by atoms with Crippen molar-refractivity contribution in [2.45, 2.75) is 58.5 Å². The van der Waals surface area contributed by atoms with E-state index in [1.54, 1.807) is 6.92 Å². The molecule has 2 amide bonds. The van der Waals surface area contributed by atoms with E-state index in [2.05, 4.69) is 0 Å². The topological polar surface area (TPSA) is 57.6 Å². The van der Waals surface area contributed by atoms with E-state index in [1.807, 2.05) is 13.8 Å². The molecule has 19 heavy (non-hydrogen) atoms. The Morgan fingerprint density at radius 1 is 1.21 bits per heavy atom. The van der Waals surface area contributed by atoms with Crippen LogP contribution in [0.4, 0.5) is 0 Å². The highest BCUT2D eigenvalue weighted by Gasteiger charge is 2.49. The van der Waals surface area contributed by atoms with E-state index in [-0.39, 0.29) is 30.2 Å². The average Bonchev–Trinajstić information content (AvgIpc) is 2.53. The molecule has 1 aliphatic carbocycles. The Morgan fingerprint density at radius 2 is 1.68 bits per heavy atom. The number of β-amino-alcohol motifs (C(OH)–C–C–N with tert-alkyl or cyclic N) is 1. The van der Waals surface area contributed by atoms with Gasteiger partial charge < -0.3 is 5.11 Å².